The minimum atomic E-state index is -3.91. The number of nitrogens with one attached hydrogen (secondary N) is 1. The molecule has 4 aliphatic rings. The number of hydrogen-bond acceptors (Lipinski definition) is 4. The molecular formula is C37H52N2O3S. The van der Waals surface area contributed by atoms with Gasteiger partial charge in [-0.1, -0.05) is 65.2 Å². The second-order valence-electron chi connectivity index (χ2n) is 15.2. The Kier molecular flexibility index (Phi) is 8.56. The Morgan fingerprint density at radius 1 is 0.953 bits per heavy atom. The van der Waals surface area contributed by atoms with Gasteiger partial charge in [-0.2, -0.15) is 0 Å². The highest BCUT2D eigenvalue weighted by Crippen LogP contribution is 2.69. The molecule has 6 rings (SSSR count). The van der Waals surface area contributed by atoms with Gasteiger partial charge in [0.1, 0.15) is 0 Å². The normalized spacial score (nSPS) is 36.2. The van der Waals surface area contributed by atoms with Gasteiger partial charge in [0.2, 0.25) is 5.91 Å². The number of benzene rings is 1. The van der Waals surface area contributed by atoms with Gasteiger partial charge < -0.3 is 0 Å². The summed E-state index contributed by atoms with van der Waals surface area (Å²) in [4.78, 5) is 17.3. The zero-order chi connectivity index (χ0) is 30.4. The molecule has 234 valence electrons. The van der Waals surface area contributed by atoms with Crippen LogP contribution in [0.5, 0.6) is 0 Å². The lowest BCUT2D eigenvalue weighted by Gasteiger charge is -2.63. The van der Waals surface area contributed by atoms with Crippen LogP contribution in [0.1, 0.15) is 105 Å². The van der Waals surface area contributed by atoms with Crippen LogP contribution >= 0.6 is 0 Å². The van der Waals surface area contributed by atoms with E-state index in [1.807, 2.05) is 18.2 Å². The van der Waals surface area contributed by atoms with E-state index in [0.29, 0.717) is 22.7 Å². The third kappa shape index (κ3) is 5.59. The monoisotopic (exact) mass is 604 g/mol. The van der Waals surface area contributed by atoms with Crippen molar-refractivity contribution in [2.24, 2.45) is 52.3 Å². The van der Waals surface area contributed by atoms with Gasteiger partial charge in [-0.15, -0.1) is 0 Å². The molecule has 43 heavy (non-hydrogen) atoms. The highest BCUT2D eigenvalue weighted by atomic mass is 32.2. The molecule has 0 aliphatic heterocycles. The Balaban J connectivity index is 1.07. The van der Waals surface area contributed by atoms with Crippen molar-refractivity contribution in [1.82, 2.24) is 9.71 Å². The maximum Gasteiger partial charge on any atom is 0.264 e. The summed E-state index contributed by atoms with van der Waals surface area (Å²) in [5.74, 6) is 4.98. The van der Waals surface area contributed by atoms with Gasteiger partial charge >= 0.3 is 0 Å². The molecule has 1 aromatic carbocycles. The van der Waals surface area contributed by atoms with Crippen molar-refractivity contribution in [3.8, 4) is 11.3 Å². The number of aromatic nitrogens is 1. The van der Waals surface area contributed by atoms with E-state index in [1.165, 1.54) is 64.2 Å². The molecule has 0 saturated heterocycles. The van der Waals surface area contributed by atoms with Crippen LogP contribution in [0.2, 0.25) is 0 Å². The van der Waals surface area contributed by atoms with Crippen LogP contribution in [0.15, 0.2) is 53.6 Å². The average Bonchev–Trinajstić information content (AvgIpc) is 3.37. The first-order valence-electron chi connectivity index (χ1n) is 17.1. The van der Waals surface area contributed by atoms with Crippen molar-refractivity contribution in [3.05, 3.63) is 48.7 Å². The fourth-order valence-corrected chi connectivity index (χ4v) is 12.2. The van der Waals surface area contributed by atoms with Crippen LogP contribution in [0.25, 0.3) is 11.3 Å². The fraction of sp³-hybridized carbons (Fsp3) is 0.676. The second-order valence-corrected chi connectivity index (χ2v) is 16.8. The molecule has 6 heteroatoms. The van der Waals surface area contributed by atoms with E-state index in [1.54, 1.807) is 30.5 Å². The Labute approximate surface area is 260 Å². The Morgan fingerprint density at radius 3 is 2.44 bits per heavy atom. The van der Waals surface area contributed by atoms with Crippen LogP contribution in [-0.4, -0.2) is 19.3 Å². The number of amides is 1. The van der Waals surface area contributed by atoms with Crippen LogP contribution in [-0.2, 0) is 14.8 Å². The highest BCUT2D eigenvalue weighted by molar-refractivity contribution is 7.90. The summed E-state index contributed by atoms with van der Waals surface area (Å²) in [6.07, 6.45) is 16.5. The van der Waals surface area contributed by atoms with E-state index >= 15 is 0 Å². The Hall–Kier alpha value is -2.21. The van der Waals surface area contributed by atoms with Crippen molar-refractivity contribution in [2.75, 3.05) is 0 Å². The van der Waals surface area contributed by atoms with E-state index in [4.69, 9.17) is 0 Å². The zero-order valence-corrected chi connectivity index (χ0v) is 27.5. The maximum absolute atomic E-state index is 13.0. The van der Waals surface area contributed by atoms with E-state index < -0.39 is 15.9 Å². The number of pyridine rings is 1. The van der Waals surface area contributed by atoms with Crippen LogP contribution in [0.3, 0.4) is 0 Å². The molecule has 1 heterocycles. The summed E-state index contributed by atoms with van der Waals surface area (Å²) < 4.78 is 28.3. The van der Waals surface area contributed by atoms with Crippen LogP contribution in [0, 0.1) is 52.3 Å². The summed E-state index contributed by atoms with van der Waals surface area (Å²) >= 11 is 0. The minimum absolute atomic E-state index is 0.100. The first-order chi connectivity index (χ1) is 20.6. The topological polar surface area (TPSA) is 76.1 Å². The molecule has 4 fully saturated rings. The molecule has 4 aliphatic carbocycles. The molecule has 0 bridgehead atoms. The van der Waals surface area contributed by atoms with Gasteiger partial charge in [0.15, 0.2) is 0 Å². The van der Waals surface area contributed by atoms with Crippen molar-refractivity contribution in [1.29, 1.82) is 0 Å². The summed E-state index contributed by atoms with van der Waals surface area (Å²) in [5, 5.41) is 0. The van der Waals surface area contributed by atoms with Crippen molar-refractivity contribution in [3.63, 3.8) is 0 Å². The van der Waals surface area contributed by atoms with Gasteiger partial charge in [0.25, 0.3) is 10.0 Å². The molecule has 5 nitrogen and oxygen atoms in total. The van der Waals surface area contributed by atoms with Gasteiger partial charge in [-0.25, -0.2) is 13.1 Å². The standard InChI is InChI=1S/C37H52N2O3S/c1-5-26-24-29-32-18-17-30(37(32,4)22-20-33(29)36(3)21-8-6-10-31(26)36)25(2)12-19-35(40)39-43(41,42)28-15-13-27(14-16-28)34-11-7-9-23-38-34/h7,9,11,13-16,23,25-26,29-33H,5-6,8,10,12,17-22,24H2,1-4H3,(H,39,40)/t25-,26+,29?,30-,31+,32?,33?,36+,37-/m1/s1. The molecule has 1 aromatic heterocycles. The quantitative estimate of drug-likeness (QED) is 0.327. The Morgan fingerprint density at radius 2 is 1.72 bits per heavy atom. The summed E-state index contributed by atoms with van der Waals surface area (Å²) in [5.41, 5.74) is 2.49. The average molecular weight is 605 g/mol. The minimum Gasteiger partial charge on any atom is -0.274 e. The third-order valence-electron chi connectivity index (χ3n) is 13.2. The molecular weight excluding hydrogens is 552 g/mol. The van der Waals surface area contributed by atoms with Crippen molar-refractivity contribution >= 4 is 15.9 Å². The first-order valence-corrected chi connectivity index (χ1v) is 18.6. The number of carbonyl (C=O) groups excluding carboxylic acids is 1. The molecule has 0 spiro atoms. The fourth-order valence-electron chi connectivity index (χ4n) is 11.2. The molecule has 4 saturated carbocycles. The third-order valence-corrected chi connectivity index (χ3v) is 14.6. The maximum atomic E-state index is 13.0. The lowest BCUT2D eigenvalue weighted by atomic mass is 9.42. The number of sulfonamides is 1. The number of hydrogen-bond donors (Lipinski definition) is 1. The number of rotatable bonds is 8. The van der Waals surface area contributed by atoms with Crippen LogP contribution < -0.4 is 4.72 Å². The lowest BCUT2D eigenvalue weighted by molar-refractivity contribution is -0.138. The second kappa shape index (κ2) is 11.9. The number of fused-ring (bicyclic) bond motifs is 5. The molecule has 2 aromatic rings. The van der Waals surface area contributed by atoms with Crippen LogP contribution in [0.4, 0.5) is 0 Å². The van der Waals surface area contributed by atoms with Gasteiger partial charge in [0.05, 0.1) is 10.6 Å². The smallest absolute Gasteiger partial charge is 0.264 e. The summed E-state index contributed by atoms with van der Waals surface area (Å²) in [6.45, 7) is 10.0. The molecule has 3 unspecified atom stereocenters. The van der Waals surface area contributed by atoms with Gasteiger partial charge in [-0.05, 0) is 128 Å². The summed E-state index contributed by atoms with van der Waals surface area (Å²) in [6, 6.07) is 12.2. The zero-order valence-electron chi connectivity index (χ0n) is 26.7. The van der Waals surface area contributed by atoms with E-state index in [-0.39, 0.29) is 11.3 Å². The van der Waals surface area contributed by atoms with E-state index in [9.17, 15) is 13.2 Å². The lowest BCUT2D eigenvalue weighted by Crippen LogP contribution is -2.55. The molecule has 9 atom stereocenters. The van der Waals surface area contributed by atoms with E-state index in [0.717, 1.165) is 47.3 Å². The predicted octanol–water partition coefficient (Wildman–Crippen LogP) is 8.65. The molecule has 1 N–H and O–H groups in total. The number of carbonyl (C=O) groups is 1. The molecule has 0 radical (unpaired) electrons. The van der Waals surface area contributed by atoms with Crippen molar-refractivity contribution in [2.45, 2.75) is 110 Å². The largest absolute Gasteiger partial charge is 0.274 e. The molecule has 1 amide bonds. The van der Waals surface area contributed by atoms with E-state index in [2.05, 4.69) is 37.4 Å². The SMILES string of the molecule is CC[C@H]1CC2C3CC[C@H]([C@H](C)CCC(=O)NS(=O)(=O)c4ccc(-c5ccccn5)cc4)[C@@]3(C)CCC2[C@@]2(C)CCCC[C@@H]12. The van der Waals surface area contributed by atoms with Crippen molar-refractivity contribution < 1.29 is 13.2 Å². The highest BCUT2D eigenvalue weighted by Gasteiger charge is 2.61. The summed E-state index contributed by atoms with van der Waals surface area (Å²) in [7, 11) is -3.91. The van der Waals surface area contributed by atoms with Gasteiger partial charge in [-0.3, -0.25) is 9.78 Å². The van der Waals surface area contributed by atoms with Gasteiger partial charge in [0, 0.05) is 18.2 Å². The Bertz CT molecular complexity index is 1390. The number of nitrogens with zero attached hydrogens (tertiary/aromatic N) is 1. The predicted molar refractivity (Wildman–Crippen MR) is 172 cm³/mol. The first kappa shape index (κ1) is 30.8.